The van der Waals surface area contributed by atoms with Gasteiger partial charge in [0.25, 0.3) is 0 Å². The molecule has 0 bridgehead atoms. The summed E-state index contributed by atoms with van der Waals surface area (Å²) in [5, 5.41) is 21.1. The number of aromatic amines is 1. The Morgan fingerprint density at radius 2 is 2.19 bits per heavy atom. The van der Waals surface area contributed by atoms with Gasteiger partial charge in [-0.2, -0.15) is 5.10 Å². The van der Waals surface area contributed by atoms with Gasteiger partial charge in [0, 0.05) is 62.1 Å². The number of fused-ring (bicyclic) bond motifs is 2. The number of imidazole rings is 1. The number of allylic oxidation sites excluding steroid dienone is 3. The van der Waals surface area contributed by atoms with Gasteiger partial charge in [-0.05, 0) is 29.8 Å². The highest BCUT2D eigenvalue weighted by atomic mass is 16.3. The van der Waals surface area contributed by atoms with Gasteiger partial charge in [0.15, 0.2) is 5.65 Å². The predicted molar refractivity (Wildman–Crippen MR) is 123 cm³/mol. The lowest BCUT2D eigenvalue weighted by atomic mass is 10.1. The Kier molecular flexibility index (Phi) is 4.97. The van der Waals surface area contributed by atoms with Gasteiger partial charge in [-0.25, -0.2) is 4.98 Å². The van der Waals surface area contributed by atoms with E-state index in [1.54, 1.807) is 19.5 Å². The Labute approximate surface area is 179 Å². The molecule has 0 atom stereocenters. The fourth-order valence-corrected chi connectivity index (χ4v) is 3.73. The molecule has 1 aliphatic rings. The summed E-state index contributed by atoms with van der Waals surface area (Å²) in [4.78, 5) is 10.7. The van der Waals surface area contributed by atoms with E-state index in [1.807, 2.05) is 35.1 Å². The van der Waals surface area contributed by atoms with Crippen LogP contribution >= 0.6 is 0 Å². The maximum Gasteiger partial charge on any atom is 0.160 e. The molecule has 4 heterocycles. The molecule has 4 aromatic rings. The maximum absolute atomic E-state index is 9.54. The molecule has 1 saturated heterocycles. The summed E-state index contributed by atoms with van der Waals surface area (Å²) in [6.45, 7) is 1.27. The zero-order valence-electron chi connectivity index (χ0n) is 17.1. The lowest BCUT2D eigenvalue weighted by molar-refractivity contribution is 0.0291. The van der Waals surface area contributed by atoms with Gasteiger partial charge in [-0.3, -0.25) is 10.1 Å². The van der Waals surface area contributed by atoms with Gasteiger partial charge in [0.1, 0.15) is 0 Å². The smallest absolute Gasteiger partial charge is 0.160 e. The Morgan fingerprint density at radius 1 is 1.29 bits per heavy atom. The minimum Gasteiger partial charge on any atom is -0.389 e. The fourth-order valence-electron chi connectivity index (χ4n) is 3.73. The number of hydrogen-bond donors (Lipinski definition) is 3. The van der Waals surface area contributed by atoms with Crippen molar-refractivity contribution >= 4 is 28.5 Å². The summed E-state index contributed by atoms with van der Waals surface area (Å²) < 4.78 is 2.01. The van der Waals surface area contributed by atoms with Crippen LogP contribution in [0.1, 0.15) is 0 Å². The standard InChI is InChI=1S/C23H23N7O/c1-24-12-19(30-14-20(31)15-30)3-2-6-25-22-10-18(13-29-8-7-26-23(22)29)16-4-5-17-11-27-28-21(17)9-16/h2-13,20,25,31H,14-15H2,1H3,(H,27,28)/b6-2+,19-3+,24-12-. The maximum atomic E-state index is 9.54. The molecule has 1 aromatic carbocycles. The number of aliphatic imine (C=N–C) groups is 1. The van der Waals surface area contributed by atoms with Crippen molar-refractivity contribution in [1.82, 2.24) is 24.5 Å². The fraction of sp³-hybridized carbons (Fsp3) is 0.174. The summed E-state index contributed by atoms with van der Waals surface area (Å²) in [6.07, 6.45) is 15.0. The second kappa shape index (κ2) is 8.08. The van der Waals surface area contributed by atoms with E-state index in [2.05, 4.69) is 60.9 Å². The number of aliphatic hydroxyl groups is 1. The number of β-amino-alcohol motifs (C(OH)–C–C–N with tert-alkyl or cyclic N) is 1. The highest BCUT2D eigenvalue weighted by molar-refractivity contribution is 5.85. The molecule has 0 spiro atoms. The van der Waals surface area contributed by atoms with Gasteiger partial charge in [0.2, 0.25) is 0 Å². The lowest BCUT2D eigenvalue weighted by Crippen LogP contribution is -2.50. The zero-order valence-corrected chi connectivity index (χ0v) is 17.1. The molecule has 1 fully saturated rings. The zero-order chi connectivity index (χ0) is 21.2. The number of nitrogens with one attached hydrogen (secondary N) is 2. The molecule has 31 heavy (non-hydrogen) atoms. The van der Waals surface area contributed by atoms with Gasteiger partial charge in [-0.15, -0.1) is 0 Å². The number of benzene rings is 1. The Balaban J connectivity index is 1.42. The van der Waals surface area contributed by atoms with Crippen LogP contribution in [0.2, 0.25) is 0 Å². The van der Waals surface area contributed by atoms with Crippen molar-refractivity contribution in [3.05, 3.63) is 73.1 Å². The minimum atomic E-state index is -0.256. The van der Waals surface area contributed by atoms with Crippen LogP contribution < -0.4 is 5.32 Å². The van der Waals surface area contributed by atoms with Crippen molar-refractivity contribution in [1.29, 1.82) is 0 Å². The molecule has 0 amide bonds. The molecule has 5 rings (SSSR count). The van der Waals surface area contributed by atoms with Crippen molar-refractivity contribution in [2.45, 2.75) is 6.10 Å². The number of hydrogen-bond acceptors (Lipinski definition) is 6. The average molecular weight is 413 g/mol. The summed E-state index contributed by atoms with van der Waals surface area (Å²) in [6, 6.07) is 8.35. The van der Waals surface area contributed by atoms with Crippen molar-refractivity contribution in [3.8, 4) is 11.1 Å². The Morgan fingerprint density at radius 3 is 3.03 bits per heavy atom. The van der Waals surface area contributed by atoms with Crippen LogP contribution in [0.15, 0.2) is 78.1 Å². The van der Waals surface area contributed by atoms with E-state index in [0.717, 1.165) is 39.1 Å². The first-order valence-corrected chi connectivity index (χ1v) is 10.1. The molecule has 8 nitrogen and oxygen atoms in total. The highest BCUT2D eigenvalue weighted by Gasteiger charge is 2.24. The molecule has 3 N–H and O–H groups in total. The molecule has 0 radical (unpaired) electrons. The minimum absolute atomic E-state index is 0.256. The van der Waals surface area contributed by atoms with Crippen molar-refractivity contribution in [3.63, 3.8) is 0 Å². The molecular formula is C23H23N7O. The lowest BCUT2D eigenvalue weighted by Gasteiger charge is -2.38. The van der Waals surface area contributed by atoms with Crippen LogP contribution in [0.4, 0.5) is 5.69 Å². The number of rotatable bonds is 6. The van der Waals surface area contributed by atoms with Gasteiger partial charge >= 0.3 is 0 Å². The number of anilines is 1. The largest absolute Gasteiger partial charge is 0.389 e. The van der Waals surface area contributed by atoms with E-state index in [-0.39, 0.29) is 6.10 Å². The number of aliphatic hydroxyl groups excluding tert-OH is 1. The topological polar surface area (TPSA) is 93.8 Å². The molecule has 3 aromatic heterocycles. The van der Waals surface area contributed by atoms with Crippen molar-refractivity contribution in [2.24, 2.45) is 4.99 Å². The van der Waals surface area contributed by atoms with Crippen LogP contribution in [0, 0.1) is 0 Å². The quantitative estimate of drug-likeness (QED) is 0.334. The Bertz CT molecular complexity index is 1310. The molecule has 8 heteroatoms. The first-order chi connectivity index (χ1) is 15.2. The summed E-state index contributed by atoms with van der Waals surface area (Å²) in [5.74, 6) is 0. The number of pyridine rings is 1. The van der Waals surface area contributed by atoms with E-state index in [1.165, 1.54) is 0 Å². The third-order valence-electron chi connectivity index (χ3n) is 5.35. The third kappa shape index (κ3) is 3.80. The van der Waals surface area contributed by atoms with Gasteiger partial charge < -0.3 is 19.7 Å². The summed E-state index contributed by atoms with van der Waals surface area (Å²) in [7, 11) is 1.74. The summed E-state index contributed by atoms with van der Waals surface area (Å²) in [5.41, 5.74) is 5.89. The van der Waals surface area contributed by atoms with E-state index < -0.39 is 0 Å². The SMILES string of the molecule is C\N=C/C(=C\C=C\Nc1cc(-c2ccc3cn[nH]c3c2)cn2ccnc12)N1CC(O)C1. The first-order valence-electron chi connectivity index (χ1n) is 10.1. The van der Waals surface area contributed by atoms with Crippen molar-refractivity contribution < 1.29 is 5.11 Å². The summed E-state index contributed by atoms with van der Waals surface area (Å²) >= 11 is 0. The average Bonchev–Trinajstić information content (AvgIpc) is 3.42. The molecule has 1 aliphatic heterocycles. The van der Waals surface area contributed by atoms with Crippen LogP contribution in [-0.2, 0) is 0 Å². The van der Waals surface area contributed by atoms with E-state index in [0.29, 0.717) is 13.1 Å². The van der Waals surface area contributed by atoms with Crippen molar-refractivity contribution in [2.75, 3.05) is 25.5 Å². The van der Waals surface area contributed by atoms with E-state index in [9.17, 15) is 5.11 Å². The van der Waals surface area contributed by atoms with Gasteiger partial charge in [-0.1, -0.05) is 12.1 Å². The Hall–Kier alpha value is -3.91. The number of aromatic nitrogens is 4. The van der Waals surface area contributed by atoms with Crippen LogP contribution in [0.5, 0.6) is 0 Å². The van der Waals surface area contributed by atoms with Gasteiger partial charge in [0.05, 0.1) is 29.2 Å². The molecule has 0 unspecified atom stereocenters. The predicted octanol–water partition coefficient (Wildman–Crippen LogP) is 3.06. The monoisotopic (exact) mass is 413 g/mol. The van der Waals surface area contributed by atoms with E-state index >= 15 is 0 Å². The van der Waals surface area contributed by atoms with Crippen LogP contribution in [-0.4, -0.2) is 62.0 Å². The van der Waals surface area contributed by atoms with Crippen LogP contribution in [0.25, 0.3) is 27.7 Å². The van der Waals surface area contributed by atoms with Crippen LogP contribution in [0.3, 0.4) is 0 Å². The third-order valence-corrected chi connectivity index (χ3v) is 5.35. The first kappa shape index (κ1) is 19.1. The molecule has 0 saturated carbocycles. The molecule has 0 aliphatic carbocycles. The second-order valence-corrected chi connectivity index (χ2v) is 7.51. The normalized spacial score (nSPS) is 15.5. The number of nitrogens with zero attached hydrogens (tertiary/aromatic N) is 5. The highest BCUT2D eigenvalue weighted by Crippen LogP contribution is 2.28. The second-order valence-electron chi connectivity index (χ2n) is 7.51. The number of likely N-dealkylation sites (tertiary alicyclic amines) is 1. The number of H-pyrrole nitrogens is 1. The molecular weight excluding hydrogens is 390 g/mol. The van der Waals surface area contributed by atoms with E-state index in [4.69, 9.17) is 0 Å². The molecule has 156 valence electrons.